The summed E-state index contributed by atoms with van der Waals surface area (Å²) in [6.07, 6.45) is 8.36. The number of fused-ring (bicyclic) bond motifs is 14. The maximum absolute atomic E-state index is 10.8. The van der Waals surface area contributed by atoms with Crippen LogP contribution in [0.15, 0.2) is 158 Å². The molecule has 0 amide bonds. The third-order valence-electron chi connectivity index (χ3n) is 25.4. The van der Waals surface area contributed by atoms with E-state index in [9.17, 15) is 21.0 Å². The first-order valence-electron chi connectivity index (χ1n) is 43.2. The molecule has 16 bridgehead atoms. The molecule has 18 rings (SSSR count). The standard InChI is InChI=1S/C112H104N12.Cu/c1-105(2,3)69-39-65(40-70(47-69)106(4,5)6)95-85-29-25-81(117-85)93(63-35-59(55-113)33-60(36-63)56-114)82-26-30-86(118-82)97(67-43-73(109(13,14)15)49-74(44-67)110(16,17)18)91-53-79-80-54-92-98(68-45-75(111(19,20)21)50-76(46-68)112(22,23)24)88-32-28-84(120-88)94(64-37-61(57-115)34-62(38-64)58-116)83-27-31-87(119-83)96(66-41-71(107(7,8)9)48-72(42-66)108(10,11)12)90-52-78-77-51-89(95)121-101(77)99(103(79)123-91)100(102(78)122-90)104(80)124-92;/h25-54,117,123H,1-24H3;/q-2;+2. The Labute approximate surface area is 743 Å². The molecule has 2 aliphatic heterocycles. The van der Waals surface area contributed by atoms with Gasteiger partial charge in [0.25, 0.3) is 0 Å². The van der Waals surface area contributed by atoms with Gasteiger partial charge >= 0.3 is 17.1 Å². The number of nitrogens with one attached hydrogen (secondary N) is 2. The molecule has 13 heteroatoms. The van der Waals surface area contributed by atoms with E-state index in [2.05, 4.69) is 346 Å². The van der Waals surface area contributed by atoms with Crippen LogP contribution in [0.25, 0.3) is 190 Å². The van der Waals surface area contributed by atoms with E-state index in [1.807, 2.05) is 24.3 Å². The molecular formula is C112H104CuN12. The van der Waals surface area contributed by atoms with Gasteiger partial charge in [-0.15, -0.1) is 22.1 Å². The van der Waals surface area contributed by atoms with Crippen molar-refractivity contribution in [3.05, 3.63) is 247 Å². The van der Waals surface area contributed by atoms with E-state index in [0.29, 0.717) is 89.4 Å². The average Bonchev–Trinajstić information content (AvgIpc) is 1.53. The van der Waals surface area contributed by atoms with Crippen LogP contribution < -0.4 is 9.97 Å². The van der Waals surface area contributed by atoms with Gasteiger partial charge in [0.1, 0.15) is 0 Å². The second kappa shape index (κ2) is 29.1. The molecule has 125 heavy (non-hydrogen) atoms. The van der Waals surface area contributed by atoms with Crippen LogP contribution in [0.5, 0.6) is 0 Å². The summed E-state index contributed by atoms with van der Waals surface area (Å²) in [6, 6.07) is 65.9. The van der Waals surface area contributed by atoms with Gasteiger partial charge in [0, 0.05) is 54.8 Å². The smallest absolute Gasteiger partial charge is 0.657 e. The van der Waals surface area contributed by atoms with Crippen LogP contribution in [0.3, 0.4) is 0 Å². The Kier molecular flexibility index (Phi) is 19.6. The Hall–Kier alpha value is -13.0. The monoisotopic (exact) mass is 1680 g/mol. The van der Waals surface area contributed by atoms with Crippen LogP contribution in [0, 0.1) is 45.3 Å². The fraction of sp³-hybridized carbons (Fsp3) is 0.286. The van der Waals surface area contributed by atoms with Gasteiger partial charge in [-0.05, 0) is 240 Å². The number of nitriles is 4. The Bertz CT molecular complexity index is 7130. The zero-order chi connectivity index (χ0) is 88.3. The van der Waals surface area contributed by atoms with Crippen molar-refractivity contribution in [2.45, 2.75) is 209 Å². The molecular weight excluding hydrogens is 1580 g/mol. The minimum absolute atomic E-state index is 0. The summed E-state index contributed by atoms with van der Waals surface area (Å²) in [6.45, 7) is 54.5. The normalized spacial score (nSPS) is 13.1. The maximum atomic E-state index is 10.8. The van der Waals surface area contributed by atoms with Gasteiger partial charge in [-0.2, -0.15) is 21.0 Å². The summed E-state index contributed by atoms with van der Waals surface area (Å²) in [5.41, 5.74) is 29.5. The van der Waals surface area contributed by atoms with Crippen LogP contribution in [0.4, 0.5) is 0 Å². The summed E-state index contributed by atoms with van der Waals surface area (Å²) >= 11 is 0. The summed E-state index contributed by atoms with van der Waals surface area (Å²) in [5, 5.41) is 48.5. The van der Waals surface area contributed by atoms with E-state index < -0.39 is 0 Å². The van der Waals surface area contributed by atoms with Crippen LogP contribution in [-0.4, -0.2) is 29.9 Å². The number of hydrogen-bond acceptors (Lipinski definition) is 8. The van der Waals surface area contributed by atoms with Gasteiger partial charge in [-0.25, -0.2) is 19.9 Å². The van der Waals surface area contributed by atoms with Crippen molar-refractivity contribution in [3.63, 3.8) is 0 Å². The number of nitrogens with zero attached hydrogens (tertiary/aromatic N) is 10. The van der Waals surface area contributed by atoms with Crippen LogP contribution in [0.1, 0.15) is 256 Å². The minimum atomic E-state index is -0.292. The van der Waals surface area contributed by atoms with E-state index in [1.54, 1.807) is 12.1 Å². The van der Waals surface area contributed by atoms with Gasteiger partial charge in [0.05, 0.1) is 96.9 Å². The molecule has 10 heterocycles. The van der Waals surface area contributed by atoms with E-state index >= 15 is 0 Å². The molecule has 0 saturated heterocycles. The zero-order valence-corrected chi connectivity index (χ0v) is 77.0. The molecule has 2 N–H and O–H groups in total. The second-order valence-corrected chi connectivity index (χ2v) is 42.9. The summed E-state index contributed by atoms with van der Waals surface area (Å²) < 4.78 is 0. The van der Waals surface area contributed by atoms with E-state index in [4.69, 9.17) is 29.9 Å². The molecule has 0 saturated carbocycles. The third-order valence-corrected chi connectivity index (χ3v) is 25.4. The van der Waals surface area contributed by atoms with Crippen molar-refractivity contribution in [3.8, 4) is 91.0 Å². The number of aromatic amines is 2. The second-order valence-electron chi connectivity index (χ2n) is 42.9. The SMILES string of the molecule is CC(C)(C)c1cc(-c2c3nc(c(-c4cc(C#N)cc(C#N)c4)c4ccc([n-]4)c(-c4cc(C(C)(C)C)cc(C(C)(C)C)c4)c4cc5c6cc7[nH]c6c6c8nc(cc8c8cc2[n-]c8c6c5n4)c(-c2cc(C(C)(C)C)cc(C(C)(C)C)c2)c2ccc([nH]2)c(-c2cc(C#N)cc(C#N)c2)c2nc(c7-c4cc(C(C)(C)C)cc(C(C)(C)C)c4)C=C2)C=C3)cc(C(C)(C)C)c1.[Cu+2]. The fourth-order valence-electron chi connectivity index (χ4n) is 18.1. The summed E-state index contributed by atoms with van der Waals surface area (Å²) in [4.78, 5) is 44.8. The first-order chi connectivity index (χ1) is 58.2. The van der Waals surface area contributed by atoms with E-state index in [0.717, 1.165) is 165 Å². The van der Waals surface area contributed by atoms with Crippen molar-refractivity contribution in [1.82, 2.24) is 39.9 Å². The third kappa shape index (κ3) is 14.8. The molecule has 2 aliphatic rings. The molecule has 623 valence electrons. The number of rotatable bonds is 6. The molecule has 8 aromatic carbocycles. The van der Waals surface area contributed by atoms with Gasteiger partial charge in [-0.3, -0.25) is 0 Å². The molecule has 0 unspecified atom stereocenters. The van der Waals surface area contributed by atoms with Crippen molar-refractivity contribution in [2.24, 2.45) is 0 Å². The van der Waals surface area contributed by atoms with Gasteiger partial charge in [0.2, 0.25) is 0 Å². The van der Waals surface area contributed by atoms with Crippen molar-refractivity contribution >= 4 is 123 Å². The van der Waals surface area contributed by atoms with Crippen molar-refractivity contribution < 1.29 is 17.1 Å². The van der Waals surface area contributed by atoms with Crippen LogP contribution in [-0.2, 0) is 60.4 Å². The minimum Gasteiger partial charge on any atom is -0.657 e. The zero-order valence-electron chi connectivity index (χ0n) is 76.1. The largest absolute Gasteiger partial charge is 2.00 e. The number of benzene rings is 8. The number of hydrogen-bond donors (Lipinski definition) is 2. The summed E-state index contributed by atoms with van der Waals surface area (Å²) in [7, 11) is 0. The first kappa shape index (κ1) is 84.2. The molecule has 8 aromatic heterocycles. The molecule has 0 fully saturated rings. The molecule has 0 atom stereocenters. The topological polar surface area (TPSA) is 206 Å². The van der Waals surface area contributed by atoms with Gasteiger partial charge in [-0.1, -0.05) is 257 Å². The molecule has 16 aromatic rings. The Morgan fingerprint density at radius 1 is 0.264 bits per heavy atom. The van der Waals surface area contributed by atoms with E-state index in [-0.39, 0.29) is 60.4 Å². The van der Waals surface area contributed by atoms with Crippen molar-refractivity contribution in [2.75, 3.05) is 0 Å². The number of aromatic nitrogens is 8. The van der Waals surface area contributed by atoms with Crippen LogP contribution in [0.2, 0.25) is 0 Å². The van der Waals surface area contributed by atoms with Crippen molar-refractivity contribution in [1.29, 1.82) is 21.0 Å². The predicted octanol–water partition coefficient (Wildman–Crippen LogP) is 28.7. The molecule has 0 spiro atoms. The maximum Gasteiger partial charge on any atom is 2.00 e. The predicted molar refractivity (Wildman–Crippen MR) is 516 cm³/mol. The fourth-order valence-corrected chi connectivity index (χ4v) is 18.1. The molecule has 1 radical (unpaired) electrons. The number of H-pyrrole nitrogens is 2. The molecule has 0 aliphatic carbocycles. The Morgan fingerprint density at radius 3 is 0.976 bits per heavy atom. The van der Waals surface area contributed by atoms with Gasteiger partial charge < -0.3 is 19.9 Å². The Balaban J connectivity index is 0.0000110. The quantitative estimate of drug-likeness (QED) is 0.151. The van der Waals surface area contributed by atoms with E-state index in [1.165, 1.54) is 0 Å². The summed E-state index contributed by atoms with van der Waals surface area (Å²) in [5.74, 6) is 0. The van der Waals surface area contributed by atoms with Crippen LogP contribution >= 0.6 is 0 Å². The van der Waals surface area contributed by atoms with Gasteiger partial charge in [0.15, 0.2) is 0 Å². The molecule has 12 nitrogen and oxygen atoms in total. The average molecular weight is 1680 g/mol. The Morgan fingerprint density at radius 2 is 0.576 bits per heavy atom. The first-order valence-corrected chi connectivity index (χ1v) is 43.2.